The number of fused-ring (bicyclic) bond motifs is 3. The third-order valence-corrected chi connectivity index (χ3v) is 5.74. The number of unbranched alkanes of at least 4 members (excludes halogenated alkanes) is 1. The van der Waals surface area contributed by atoms with Gasteiger partial charge in [0.05, 0.1) is 11.0 Å². The zero-order valence-corrected chi connectivity index (χ0v) is 15.9. The van der Waals surface area contributed by atoms with Gasteiger partial charge in [0.2, 0.25) is 11.8 Å². The Bertz CT molecular complexity index is 1060. The van der Waals surface area contributed by atoms with E-state index in [4.69, 9.17) is 10.2 Å². The lowest BCUT2D eigenvalue weighted by atomic mass is 10.1. The minimum Gasteiger partial charge on any atom is -0.387 e. The number of benzene rings is 2. The number of carbonyl (C=O) groups is 2. The lowest BCUT2D eigenvalue weighted by molar-refractivity contribution is -0.129. The van der Waals surface area contributed by atoms with Crippen LogP contribution in [0.25, 0.3) is 21.8 Å². The molecule has 1 aromatic heterocycles. The van der Waals surface area contributed by atoms with Crippen molar-refractivity contribution in [2.75, 3.05) is 6.61 Å². The molecule has 1 fully saturated rings. The number of rotatable bonds is 8. The van der Waals surface area contributed by atoms with Crippen molar-refractivity contribution in [1.29, 1.82) is 0 Å². The van der Waals surface area contributed by atoms with Crippen LogP contribution in [-0.2, 0) is 15.1 Å². The van der Waals surface area contributed by atoms with Crippen LogP contribution in [0.4, 0.5) is 0 Å². The summed E-state index contributed by atoms with van der Waals surface area (Å²) in [6.45, 7) is -0.575. The summed E-state index contributed by atoms with van der Waals surface area (Å²) in [5, 5.41) is 22.9. The fourth-order valence-electron chi connectivity index (χ4n) is 4.16. The molecule has 1 heterocycles. The number of aromatic nitrogens is 2. The van der Waals surface area contributed by atoms with Gasteiger partial charge in [-0.2, -0.15) is 0 Å². The molecular formula is C21H24N4O4. The lowest BCUT2D eigenvalue weighted by Gasteiger charge is -2.17. The molecule has 1 aliphatic rings. The number of nitrogens with zero attached hydrogens (tertiary/aromatic N) is 1. The van der Waals surface area contributed by atoms with Crippen LogP contribution in [-0.4, -0.2) is 38.7 Å². The second kappa shape index (κ2) is 7.81. The summed E-state index contributed by atoms with van der Waals surface area (Å²) in [6, 6.07) is 12.0. The molecule has 1 saturated carbocycles. The van der Waals surface area contributed by atoms with Crippen LogP contribution in [0.5, 0.6) is 0 Å². The minimum absolute atomic E-state index is 0.169. The summed E-state index contributed by atoms with van der Waals surface area (Å²) >= 11 is 0. The van der Waals surface area contributed by atoms with Gasteiger partial charge in [-0.3, -0.25) is 14.8 Å². The van der Waals surface area contributed by atoms with Gasteiger partial charge in [0, 0.05) is 11.8 Å². The molecule has 2 amide bonds. The van der Waals surface area contributed by atoms with Gasteiger partial charge >= 0.3 is 0 Å². The molecule has 4 rings (SSSR count). The van der Waals surface area contributed by atoms with E-state index in [1.807, 2.05) is 36.4 Å². The number of hydroxylamine groups is 1. The Labute approximate surface area is 167 Å². The Kier molecular flexibility index (Phi) is 5.21. The normalized spacial score (nSPS) is 20.7. The van der Waals surface area contributed by atoms with Crippen molar-refractivity contribution in [2.24, 2.45) is 5.92 Å². The quantitative estimate of drug-likeness (QED) is 0.226. The first-order valence-corrected chi connectivity index (χ1v) is 9.80. The molecule has 2 atom stereocenters. The SMILES string of the molecule is O=C(CCCCC1CC1(NC(=O)CO)c1nc2c(ccc3ccccc32)[nH]1)NO. The van der Waals surface area contributed by atoms with Crippen LogP contribution in [0.1, 0.15) is 37.9 Å². The highest BCUT2D eigenvalue weighted by molar-refractivity contribution is 6.04. The predicted octanol–water partition coefficient (Wildman–Crippen LogP) is 2.11. The van der Waals surface area contributed by atoms with Gasteiger partial charge in [0.25, 0.3) is 0 Å². The van der Waals surface area contributed by atoms with Crippen molar-refractivity contribution in [2.45, 2.75) is 37.6 Å². The number of carbonyl (C=O) groups excluding carboxylic acids is 2. The van der Waals surface area contributed by atoms with E-state index in [2.05, 4.69) is 10.3 Å². The first-order valence-electron chi connectivity index (χ1n) is 9.80. The van der Waals surface area contributed by atoms with Crippen LogP contribution in [0.3, 0.4) is 0 Å². The van der Waals surface area contributed by atoms with Gasteiger partial charge in [0.1, 0.15) is 18.0 Å². The maximum atomic E-state index is 12.0. The Morgan fingerprint density at radius 1 is 1.17 bits per heavy atom. The molecule has 152 valence electrons. The van der Waals surface area contributed by atoms with Gasteiger partial charge in [-0.05, 0) is 36.6 Å². The number of nitrogens with one attached hydrogen (secondary N) is 3. The van der Waals surface area contributed by atoms with Crippen molar-refractivity contribution < 1.29 is 19.9 Å². The number of imidazole rings is 1. The minimum atomic E-state index is -0.626. The Morgan fingerprint density at radius 3 is 2.79 bits per heavy atom. The first-order chi connectivity index (χ1) is 14.1. The van der Waals surface area contributed by atoms with Gasteiger partial charge in [-0.15, -0.1) is 0 Å². The summed E-state index contributed by atoms with van der Waals surface area (Å²) < 4.78 is 0. The molecule has 1 aliphatic carbocycles. The molecule has 3 aromatic rings. The van der Waals surface area contributed by atoms with Crippen LogP contribution in [0.2, 0.25) is 0 Å². The van der Waals surface area contributed by atoms with Crippen LogP contribution >= 0.6 is 0 Å². The van der Waals surface area contributed by atoms with E-state index in [1.54, 1.807) is 5.48 Å². The average molecular weight is 396 g/mol. The summed E-state index contributed by atoms with van der Waals surface area (Å²) in [4.78, 5) is 31.3. The maximum absolute atomic E-state index is 12.0. The number of aromatic amines is 1. The van der Waals surface area contributed by atoms with Gasteiger partial charge in [-0.25, -0.2) is 10.5 Å². The van der Waals surface area contributed by atoms with E-state index < -0.39 is 24.0 Å². The van der Waals surface area contributed by atoms with Gasteiger partial charge in [0.15, 0.2) is 0 Å². The monoisotopic (exact) mass is 396 g/mol. The van der Waals surface area contributed by atoms with E-state index in [-0.39, 0.29) is 12.3 Å². The molecule has 8 heteroatoms. The van der Waals surface area contributed by atoms with Crippen LogP contribution in [0.15, 0.2) is 36.4 Å². The van der Waals surface area contributed by atoms with Gasteiger partial charge < -0.3 is 15.4 Å². The summed E-state index contributed by atoms with van der Waals surface area (Å²) in [5.41, 5.74) is 2.78. The molecule has 5 N–H and O–H groups in total. The van der Waals surface area contributed by atoms with Crippen molar-refractivity contribution in [3.05, 3.63) is 42.2 Å². The number of hydrogen-bond acceptors (Lipinski definition) is 5. The zero-order valence-electron chi connectivity index (χ0n) is 15.9. The van der Waals surface area contributed by atoms with Crippen molar-refractivity contribution in [3.8, 4) is 0 Å². The predicted molar refractivity (Wildman–Crippen MR) is 107 cm³/mol. The smallest absolute Gasteiger partial charge is 0.246 e. The van der Waals surface area contributed by atoms with Crippen LogP contribution in [0, 0.1) is 5.92 Å². The number of amides is 2. The highest BCUT2D eigenvalue weighted by atomic mass is 16.5. The summed E-state index contributed by atoms with van der Waals surface area (Å²) in [5.74, 6) is 0.0352. The van der Waals surface area contributed by atoms with E-state index in [0.717, 1.165) is 41.1 Å². The Hall–Kier alpha value is -2.97. The molecule has 2 aromatic carbocycles. The van der Waals surface area contributed by atoms with E-state index in [0.29, 0.717) is 12.2 Å². The molecular weight excluding hydrogens is 372 g/mol. The van der Waals surface area contributed by atoms with E-state index in [1.165, 1.54) is 0 Å². The number of H-pyrrole nitrogens is 1. The molecule has 2 unspecified atom stereocenters. The molecule has 0 radical (unpaired) electrons. The summed E-state index contributed by atoms with van der Waals surface area (Å²) in [7, 11) is 0. The topological polar surface area (TPSA) is 127 Å². The molecule has 0 aliphatic heterocycles. The van der Waals surface area contributed by atoms with Crippen molar-refractivity contribution in [3.63, 3.8) is 0 Å². The summed E-state index contributed by atoms with van der Waals surface area (Å²) in [6.07, 6.45) is 3.23. The van der Waals surface area contributed by atoms with E-state index in [9.17, 15) is 14.7 Å². The third-order valence-electron chi connectivity index (χ3n) is 5.74. The fraction of sp³-hybridized carbons (Fsp3) is 0.381. The van der Waals surface area contributed by atoms with E-state index >= 15 is 0 Å². The fourth-order valence-corrected chi connectivity index (χ4v) is 4.16. The average Bonchev–Trinajstić information content (AvgIpc) is 3.24. The molecule has 29 heavy (non-hydrogen) atoms. The Morgan fingerprint density at radius 2 is 2.00 bits per heavy atom. The molecule has 0 saturated heterocycles. The maximum Gasteiger partial charge on any atom is 0.246 e. The zero-order chi connectivity index (χ0) is 20.4. The lowest BCUT2D eigenvalue weighted by Crippen LogP contribution is -2.39. The Balaban J connectivity index is 1.58. The van der Waals surface area contributed by atoms with Gasteiger partial charge in [-0.1, -0.05) is 36.8 Å². The largest absolute Gasteiger partial charge is 0.387 e. The second-order valence-corrected chi connectivity index (χ2v) is 7.63. The van der Waals surface area contributed by atoms with Crippen LogP contribution < -0.4 is 10.8 Å². The van der Waals surface area contributed by atoms with Crippen molar-refractivity contribution >= 4 is 33.6 Å². The molecule has 0 spiro atoms. The number of hydrogen-bond donors (Lipinski definition) is 5. The van der Waals surface area contributed by atoms with Crippen molar-refractivity contribution in [1.82, 2.24) is 20.8 Å². The highest BCUT2D eigenvalue weighted by Crippen LogP contribution is 2.54. The second-order valence-electron chi connectivity index (χ2n) is 7.63. The molecule has 8 nitrogen and oxygen atoms in total. The number of aliphatic hydroxyl groups is 1. The third kappa shape index (κ3) is 3.68. The highest BCUT2D eigenvalue weighted by Gasteiger charge is 2.58. The molecule has 0 bridgehead atoms. The number of aliphatic hydroxyl groups excluding tert-OH is 1. The first kappa shape index (κ1) is 19.4. The standard InChI is InChI=1S/C21H24N4O4/c26-12-18(28)24-21(11-14(21)6-2-4-8-17(27)25-29)20-22-16-10-9-13-5-1-3-7-15(13)19(16)23-20/h1,3,5,7,9-10,14,26,29H,2,4,6,8,11-12H2,(H,22,23)(H,24,28)(H,25,27).